The van der Waals surface area contributed by atoms with Crippen molar-refractivity contribution in [3.05, 3.63) is 12.3 Å². The number of rotatable bonds is 1. The van der Waals surface area contributed by atoms with Crippen LogP contribution in [0.25, 0.3) is 0 Å². The van der Waals surface area contributed by atoms with Crippen LogP contribution in [0.5, 0.6) is 0 Å². The van der Waals surface area contributed by atoms with E-state index in [9.17, 15) is 0 Å². The van der Waals surface area contributed by atoms with E-state index in [2.05, 4.69) is 11.7 Å². The maximum atomic E-state index is 8.05. The molecule has 0 aliphatic heterocycles. The molecule has 0 aromatic heterocycles. The summed E-state index contributed by atoms with van der Waals surface area (Å²) in [5.41, 5.74) is 0. The second-order valence-electron chi connectivity index (χ2n) is 0.736. The number of hydrogen-bond donors (Lipinski definition) is 2. The number of hydrogen-bond acceptors (Lipinski definition) is 3. The minimum atomic E-state index is -0.252. The maximum Gasteiger partial charge on any atom is 0.130 e. The zero-order chi connectivity index (χ0) is 4.99. The normalized spacial score (nSPS) is 9.33. The zero-order valence-electron chi connectivity index (χ0n) is 3.13. The van der Waals surface area contributed by atoms with Gasteiger partial charge in [0.25, 0.3) is 0 Å². The molecule has 0 saturated carbocycles. The molecule has 0 spiro atoms. The second kappa shape index (κ2) is 2.26. The highest BCUT2D eigenvalue weighted by Crippen LogP contribution is 1.68. The summed E-state index contributed by atoms with van der Waals surface area (Å²) in [5, 5.41) is 18.1. The molecule has 0 aromatic rings. The predicted molar refractivity (Wildman–Crippen MR) is 22.0 cm³/mol. The van der Waals surface area contributed by atoms with Gasteiger partial charge >= 0.3 is 0 Å². The Bertz CT molecular complexity index is 76.9. The van der Waals surface area contributed by atoms with E-state index >= 15 is 0 Å². The van der Waals surface area contributed by atoms with Crippen molar-refractivity contribution in [2.24, 2.45) is 5.16 Å². The van der Waals surface area contributed by atoms with Gasteiger partial charge in [-0.2, -0.15) is 0 Å². The van der Waals surface area contributed by atoms with Crippen LogP contribution in [0.15, 0.2) is 17.5 Å². The average Bonchev–Trinajstić information content (AvgIpc) is 1.35. The lowest BCUT2D eigenvalue weighted by Crippen LogP contribution is -1.74. The number of aliphatic hydroxyl groups is 1. The second-order valence-corrected chi connectivity index (χ2v) is 0.736. The van der Waals surface area contributed by atoms with Crippen molar-refractivity contribution < 1.29 is 10.3 Å². The van der Waals surface area contributed by atoms with E-state index < -0.39 is 0 Å². The smallest absolute Gasteiger partial charge is 0.130 e. The summed E-state index contributed by atoms with van der Waals surface area (Å²) < 4.78 is 0. The predicted octanol–water partition coefficient (Wildman–Crippen LogP) is 0.518. The third-order valence-corrected chi connectivity index (χ3v) is 0.207. The van der Waals surface area contributed by atoms with Gasteiger partial charge < -0.3 is 10.3 Å². The molecular formula is C3H5NO2. The zero-order valence-corrected chi connectivity index (χ0v) is 3.13. The summed E-state index contributed by atoms with van der Waals surface area (Å²) in [6.07, 6.45) is 0.833. The highest BCUT2D eigenvalue weighted by Gasteiger charge is 1.70. The van der Waals surface area contributed by atoms with E-state index in [1.54, 1.807) is 0 Å². The first-order chi connectivity index (χ1) is 2.77. The number of allylic oxidation sites excluding steroid dienone is 1. The fraction of sp³-hybridized carbons (Fsp3) is 0. The molecule has 0 unspecified atom stereocenters. The van der Waals surface area contributed by atoms with Crippen LogP contribution in [0.1, 0.15) is 0 Å². The van der Waals surface area contributed by atoms with Gasteiger partial charge in [-0.3, -0.25) is 0 Å². The van der Waals surface area contributed by atoms with E-state index in [1.165, 1.54) is 0 Å². The van der Waals surface area contributed by atoms with Crippen molar-refractivity contribution in [2.75, 3.05) is 0 Å². The first-order valence-electron chi connectivity index (χ1n) is 1.32. The van der Waals surface area contributed by atoms with Crippen molar-refractivity contribution in [1.29, 1.82) is 0 Å². The van der Waals surface area contributed by atoms with Gasteiger partial charge in [0, 0.05) is 0 Å². The molecule has 0 aromatic carbocycles. The average molecular weight is 87.1 g/mol. The fourth-order valence-electron chi connectivity index (χ4n) is 0.0666. The monoisotopic (exact) mass is 87.0 g/mol. The van der Waals surface area contributed by atoms with Gasteiger partial charge in [0.05, 0.1) is 0 Å². The first-order valence-corrected chi connectivity index (χ1v) is 1.32. The van der Waals surface area contributed by atoms with Gasteiger partial charge in [-0.25, -0.2) is 0 Å². The summed E-state index contributed by atoms with van der Waals surface area (Å²) in [6.45, 7) is 2.99. The topological polar surface area (TPSA) is 52.8 Å². The van der Waals surface area contributed by atoms with Crippen LogP contribution in [0.3, 0.4) is 0 Å². The molecule has 0 bridgehead atoms. The molecule has 0 amide bonds. The minimum Gasteiger partial charge on any atom is -0.507 e. The lowest BCUT2D eigenvalue weighted by molar-refractivity contribution is 0.318. The molecule has 3 nitrogen and oxygen atoms in total. The van der Waals surface area contributed by atoms with Crippen molar-refractivity contribution >= 4 is 6.21 Å². The third-order valence-electron chi connectivity index (χ3n) is 0.207. The molecule has 0 saturated heterocycles. The van der Waals surface area contributed by atoms with Gasteiger partial charge in [-0.05, 0) is 0 Å². The summed E-state index contributed by atoms with van der Waals surface area (Å²) in [4.78, 5) is 0. The molecular weight excluding hydrogens is 82.0 g/mol. The highest BCUT2D eigenvalue weighted by atomic mass is 16.4. The summed E-state index contributed by atoms with van der Waals surface area (Å²) in [7, 11) is 0. The Labute approximate surface area is 35.2 Å². The van der Waals surface area contributed by atoms with Crippen LogP contribution < -0.4 is 0 Å². The Morgan fingerprint density at radius 1 is 1.83 bits per heavy atom. The molecule has 0 fully saturated rings. The Morgan fingerprint density at radius 3 is 2.33 bits per heavy atom. The lowest BCUT2D eigenvalue weighted by Gasteiger charge is -1.74. The SMILES string of the molecule is C=C(O)/C=N\O. The van der Waals surface area contributed by atoms with Crippen LogP contribution in [0, 0.1) is 0 Å². The Kier molecular flexibility index (Phi) is 1.89. The van der Waals surface area contributed by atoms with E-state index in [-0.39, 0.29) is 5.76 Å². The van der Waals surface area contributed by atoms with Gasteiger partial charge in [0.1, 0.15) is 12.0 Å². The quantitative estimate of drug-likeness (QED) is 0.212. The minimum absolute atomic E-state index is 0.252. The number of nitrogens with zero attached hydrogens (tertiary/aromatic N) is 1. The molecule has 3 heteroatoms. The summed E-state index contributed by atoms with van der Waals surface area (Å²) in [6, 6.07) is 0. The standard InChI is InChI=1S/C3H5NO2/c1-3(5)2-4-6/h2,5-6H,1H2/b4-2-. The van der Waals surface area contributed by atoms with E-state index in [4.69, 9.17) is 10.3 Å². The molecule has 0 rings (SSSR count). The molecule has 0 radical (unpaired) electrons. The van der Waals surface area contributed by atoms with E-state index in [0.717, 1.165) is 6.21 Å². The molecule has 2 N–H and O–H groups in total. The van der Waals surface area contributed by atoms with Gasteiger partial charge in [-0.15, -0.1) is 0 Å². The van der Waals surface area contributed by atoms with Crippen LogP contribution in [0.2, 0.25) is 0 Å². The van der Waals surface area contributed by atoms with Gasteiger partial charge in [0.2, 0.25) is 0 Å². The molecule has 34 valence electrons. The largest absolute Gasteiger partial charge is 0.507 e. The molecule has 6 heavy (non-hydrogen) atoms. The van der Waals surface area contributed by atoms with E-state index in [1.807, 2.05) is 0 Å². The van der Waals surface area contributed by atoms with Crippen LogP contribution >= 0.6 is 0 Å². The number of oxime groups is 1. The molecule has 0 aliphatic rings. The Balaban J connectivity index is 3.30. The Morgan fingerprint density at radius 2 is 2.33 bits per heavy atom. The van der Waals surface area contributed by atoms with Crippen molar-refractivity contribution in [3.63, 3.8) is 0 Å². The third kappa shape index (κ3) is 3.01. The summed E-state index contributed by atoms with van der Waals surface area (Å²) >= 11 is 0. The van der Waals surface area contributed by atoms with Crippen molar-refractivity contribution in [2.45, 2.75) is 0 Å². The maximum absolute atomic E-state index is 8.05. The Hall–Kier alpha value is -0.990. The van der Waals surface area contributed by atoms with Crippen molar-refractivity contribution in [3.8, 4) is 0 Å². The number of aliphatic hydroxyl groups excluding tert-OH is 1. The molecule has 0 aliphatic carbocycles. The molecule has 0 atom stereocenters. The lowest BCUT2D eigenvalue weighted by atomic mass is 10.6. The molecule has 0 heterocycles. The van der Waals surface area contributed by atoms with Crippen LogP contribution in [0.4, 0.5) is 0 Å². The fourth-order valence-corrected chi connectivity index (χ4v) is 0.0666. The van der Waals surface area contributed by atoms with E-state index in [0.29, 0.717) is 0 Å². The van der Waals surface area contributed by atoms with Crippen LogP contribution in [-0.2, 0) is 0 Å². The first kappa shape index (κ1) is 5.01. The highest BCUT2D eigenvalue weighted by molar-refractivity contribution is 5.73. The summed E-state index contributed by atoms with van der Waals surface area (Å²) in [5.74, 6) is -0.252. The van der Waals surface area contributed by atoms with Crippen LogP contribution in [-0.4, -0.2) is 16.5 Å². The van der Waals surface area contributed by atoms with Crippen molar-refractivity contribution in [1.82, 2.24) is 0 Å². The van der Waals surface area contributed by atoms with Gasteiger partial charge in [-0.1, -0.05) is 11.7 Å². The van der Waals surface area contributed by atoms with Gasteiger partial charge in [0.15, 0.2) is 0 Å².